The summed E-state index contributed by atoms with van der Waals surface area (Å²) in [5.41, 5.74) is 0. The number of hydrogen-bond acceptors (Lipinski definition) is 7. The molecule has 0 aliphatic carbocycles. The first kappa shape index (κ1) is 37.1. The maximum absolute atomic E-state index is 12.4. The average Bonchev–Trinajstić information content (AvgIpc) is 2.87. The Morgan fingerprint density at radius 3 is 1.92 bits per heavy atom. The highest BCUT2D eigenvalue weighted by molar-refractivity contribution is 7.45. The van der Waals surface area contributed by atoms with Crippen LogP contribution >= 0.6 is 7.82 Å². The summed E-state index contributed by atoms with van der Waals surface area (Å²) in [5.74, 6) is -0.818. The quantitative estimate of drug-likeness (QED) is 0.0589. The third-order valence-corrected chi connectivity index (χ3v) is 6.43. The molecule has 0 aromatic heterocycles. The summed E-state index contributed by atoms with van der Waals surface area (Å²) in [6.45, 7) is 1.63. The van der Waals surface area contributed by atoms with Gasteiger partial charge < -0.3 is 28.6 Å². The van der Waals surface area contributed by atoms with Crippen LogP contribution in [0.4, 0.5) is 0 Å². The van der Waals surface area contributed by atoms with Crippen molar-refractivity contribution in [1.82, 2.24) is 0 Å². The van der Waals surface area contributed by atoms with Crippen LogP contribution in [-0.4, -0.2) is 73.6 Å². The van der Waals surface area contributed by atoms with Crippen LogP contribution in [0.5, 0.6) is 0 Å². The van der Waals surface area contributed by atoms with Crippen molar-refractivity contribution in [2.75, 3.05) is 40.9 Å². The second-order valence-electron chi connectivity index (χ2n) is 10.2. The van der Waals surface area contributed by atoms with Gasteiger partial charge in [0.25, 0.3) is 7.82 Å². The molecule has 0 aromatic carbocycles. The second kappa shape index (κ2) is 22.9. The molecule has 0 aromatic rings. The monoisotopic (exact) mass is 567 g/mol. The molecule has 3 atom stereocenters. The molecule has 0 aliphatic heterocycles. The number of allylic oxidation sites excluding steroid dienone is 11. The van der Waals surface area contributed by atoms with Crippen LogP contribution in [0, 0.1) is 0 Å². The Morgan fingerprint density at radius 1 is 0.872 bits per heavy atom. The lowest BCUT2D eigenvalue weighted by atomic mass is 10.1. The molecule has 8 nitrogen and oxygen atoms in total. The molecule has 0 heterocycles. The lowest BCUT2D eigenvalue weighted by Gasteiger charge is -2.30. The lowest BCUT2D eigenvalue weighted by Crippen LogP contribution is -2.40. The van der Waals surface area contributed by atoms with E-state index in [0.29, 0.717) is 11.0 Å². The molecule has 0 aliphatic rings. The number of rotatable bonds is 23. The third kappa shape index (κ3) is 23.7. The Bertz CT molecular complexity index is 869. The zero-order valence-corrected chi connectivity index (χ0v) is 25.1. The summed E-state index contributed by atoms with van der Waals surface area (Å²) in [5, 5.41) is 19.1. The van der Waals surface area contributed by atoms with Gasteiger partial charge >= 0.3 is 0 Å². The fourth-order valence-electron chi connectivity index (χ4n) is 3.16. The highest BCUT2D eigenvalue weighted by Gasteiger charge is 2.30. The van der Waals surface area contributed by atoms with Gasteiger partial charge in [0.15, 0.2) is 11.9 Å². The number of ketones is 1. The predicted octanol–water partition coefficient (Wildman–Crippen LogP) is 4.96. The van der Waals surface area contributed by atoms with Crippen LogP contribution in [0.25, 0.3) is 0 Å². The number of aliphatic hydroxyl groups excluding tert-OH is 2. The molecule has 222 valence electrons. The van der Waals surface area contributed by atoms with E-state index in [1.54, 1.807) is 18.2 Å². The highest BCUT2D eigenvalue weighted by atomic mass is 31.2. The first-order valence-corrected chi connectivity index (χ1v) is 15.3. The molecule has 0 amide bonds. The minimum Gasteiger partial charge on any atom is -0.756 e. The summed E-state index contributed by atoms with van der Waals surface area (Å²) >= 11 is 0. The van der Waals surface area contributed by atoms with E-state index in [0.717, 1.165) is 12.5 Å². The predicted molar refractivity (Wildman–Crippen MR) is 157 cm³/mol. The van der Waals surface area contributed by atoms with Gasteiger partial charge in [0.1, 0.15) is 19.3 Å². The first-order valence-electron chi connectivity index (χ1n) is 13.8. The van der Waals surface area contributed by atoms with Crippen LogP contribution in [0.3, 0.4) is 0 Å². The zero-order valence-electron chi connectivity index (χ0n) is 24.2. The molecule has 0 spiro atoms. The minimum atomic E-state index is -4.87. The third-order valence-electron chi connectivity index (χ3n) is 5.44. The zero-order chi connectivity index (χ0) is 29.4. The van der Waals surface area contributed by atoms with Gasteiger partial charge in [-0.05, 0) is 18.9 Å². The van der Waals surface area contributed by atoms with E-state index in [1.807, 2.05) is 51.5 Å². The van der Waals surface area contributed by atoms with Gasteiger partial charge in [-0.3, -0.25) is 9.36 Å². The normalized spacial score (nSPS) is 16.5. The van der Waals surface area contributed by atoms with Crippen molar-refractivity contribution in [1.29, 1.82) is 0 Å². The van der Waals surface area contributed by atoms with E-state index in [1.165, 1.54) is 51.0 Å². The number of unbranched alkanes of at least 4 members (excludes halogenated alkanes) is 7. The number of likely N-dealkylation sites (N-methyl/N-ethyl adjacent to an activating group) is 1. The maximum atomic E-state index is 12.4. The van der Waals surface area contributed by atoms with E-state index in [9.17, 15) is 24.5 Å². The van der Waals surface area contributed by atoms with Crippen molar-refractivity contribution in [3.05, 3.63) is 72.9 Å². The fourth-order valence-corrected chi connectivity index (χ4v) is 4.04. The number of carbonyl (C=O) groups excluding carboxylic acids is 1. The Morgan fingerprint density at radius 2 is 1.38 bits per heavy atom. The Balaban J connectivity index is 4.44. The molecule has 9 heteroatoms. The molecule has 0 bridgehead atoms. The van der Waals surface area contributed by atoms with Crippen molar-refractivity contribution in [2.24, 2.45) is 0 Å². The summed E-state index contributed by atoms with van der Waals surface area (Å²) in [6, 6.07) is 0. The Hall–Kier alpha value is -1.90. The van der Waals surface area contributed by atoms with Crippen LogP contribution in [0.1, 0.15) is 58.3 Å². The van der Waals surface area contributed by atoms with Gasteiger partial charge in [0, 0.05) is 0 Å². The average molecular weight is 568 g/mol. The van der Waals surface area contributed by atoms with Crippen molar-refractivity contribution < 1.29 is 38.0 Å². The molecule has 0 fully saturated rings. The van der Waals surface area contributed by atoms with Crippen molar-refractivity contribution in [3.8, 4) is 0 Å². The van der Waals surface area contributed by atoms with E-state index in [4.69, 9.17) is 9.05 Å². The van der Waals surface area contributed by atoms with E-state index in [-0.39, 0.29) is 6.61 Å². The van der Waals surface area contributed by atoms with Crippen molar-refractivity contribution in [2.45, 2.75) is 70.5 Å². The van der Waals surface area contributed by atoms with Crippen LogP contribution in [0.2, 0.25) is 0 Å². The maximum Gasteiger partial charge on any atom is 0.268 e. The van der Waals surface area contributed by atoms with E-state index < -0.39 is 32.4 Å². The molecule has 0 rings (SSSR count). The Labute approximate surface area is 235 Å². The number of phosphoric acid groups is 1. The van der Waals surface area contributed by atoms with Crippen molar-refractivity contribution in [3.63, 3.8) is 0 Å². The molecule has 0 saturated carbocycles. The van der Waals surface area contributed by atoms with Gasteiger partial charge in [-0.15, -0.1) is 0 Å². The number of phosphoric ester groups is 1. The molecule has 0 radical (unpaired) electrons. The van der Waals surface area contributed by atoms with Gasteiger partial charge in [0.2, 0.25) is 0 Å². The Kier molecular flexibility index (Phi) is 21.8. The van der Waals surface area contributed by atoms with Crippen LogP contribution in [0.15, 0.2) is 72.9 Å². The molecular formula is C30H50NO7P. The summed E-state index contributed by atoms with van der Waals surface area (Å²) in [4.78, 5) is 24.4. The number of carbonyl (C=O) groups is 1. The molecule has 2 N–H and O–H groups in total. The standard InChI is InChI=1S/C30H50NO7P/c1-5-6-7-8-9-10-11-12-13-14-15-16-17-18-19-20-21-22-23-24-28(33)30(29(34)27-32)38-39(35,36)37-26-25-31(2,3)4/h13-24,29-30,32,34H,5-12,25-27H2,1-4H3/b14-13+,16-15+,18-17+,20-19+,22-21+,24-23+/t29-,30?/m0/s1. The smallest absolute Gasteiger partial charge is 0.268 e. The minimum absolute atomic E-state index is 0.147. The van der Waals surface area contributed by atoms with Gasteiger partial charge in [-0.1, -0.05) is 112 Å². The number of aliphatic hydroxyl groups is 2. The van der Waals surface area contributed by atoms with E-state index >= 15 is 0 Å². The highest BCUT2D eigenvalue weighted by Crippen LogP contribution is 2.40. The fraction of sp³-hybridized carbons (Fsp3) is 0.567. The topological polar surface area (TPSA) is 116 Å². The second-order valence-corrected chi connectivity index (χ2v) is 11.6. The lowest BCUT2D eigenvalue weighted by molar-refractivity contribution is -0.870. The van der Waals surface area contributed by atoms with Gasteiger partial charge in [-0.25, -0.2) is 0 Å². The summed E-state index contributed by atoms with van der Waals surface area (Å²) in [6.07, 6.45) is 28.0. The molecular weight excluding hydrogens is 517 g/mol. The van der Waals surface area contributed by atoms with Gasteiger partial charge in [0.05, 0.1) is 27.7 Å². The molecule has 39 heavy (non-hydrogen) atoms. The van der Waals surface area contributed by atoms with Crippen LogP contribution in [-0.2, 0) is 18.4 Å². The van der Waals surface area contributed by atoms with E-state index in [2.05, 4.69) is 19.1 Å². The first-order chi connectivity index (χ1) is 18.5. The summed E-state index contributed by atoms with van der Waals surface area (Å²) in [7, 11) is 0.716. The van der Waals surface area contributed by atoms with Crippen molar-refractivity contribution >= 4 is 13.6 Å². The number of quaternary nitrogens is 1. The largest absolute Gasteiger partial charge is 0.756 e. The molecule has 0 saturated heterocycles. The summed E-state index contributed by atoms with van der Waals surface area (Å²) < 4.78 is 22.1. The SMILES string of the molecule is CCCCCCCCC/C=C/C=C/C=C/C=C/C=C/C=C/C(=O)C(OP(=O)([O-])OCC[N+](C)(C)C)[C@@H](O)CO. The van der Waals surface area contributed by atoms with Gasteiger partial charge in [-0.2, -0.15) is 0 Å². The number of hydrogen-bond donors (Lipinski definition) is 2. The van der Waals surface area contributed by atoms with Crippen LogP contribution < -0.4 is 4.89 Å². The number of nitrogens with zero attached hydrogens (tertiary/aromatic N) is 1. The molecule has 2 unspecified atom stereocenters.